The molecule has 1 unspecified atom stereocenters. The van der Waals surface area contributed by atoms with E-state index in [1.807, 2.05) is 34.9 Å². The highest BCUT2D eigenvalue weighted by Gasteiger charge is 2.35. The first-order chi connectivity index (χ1) is 10.6. The minimum Gasteiger partial charge on any atom is -0.476 e. The fourth-order valence-corrected chi connectivity index (χ4v) is 2.97. The molecule has 1 N–H and O–H groups in total. The van der Waals surface area contributed by atoms with E-state index in [1.165, 1.54) is 7.11 Å². The van der Waals surface area contributed by atoms with Gasteiger partial charge >= 0.3 is 11.9 Å². The van der Waals surface area contributed by atoms with Crippen LogP contribution in [0.15, 0.2) is 30.3 Å². The van der Waals surface area contributed by atoms with E-state index in [4.69, 9.17) is 4.74 Å². The standard InChI is InChI=1S/C16H16N2O4/c1-22-16(21)11-8-5-9-18-13(11)12(15(19)20)17-14(18)10-6-3-2-4-7-10/h2-4,6-7,11H,5,8-9H2,1H3,(H,19,20). The number of nitrogens with zero attached hydrogens (tertiary/aromatic N) is 2. The van der Waals surface area contributed by atoms with Crippen molar-refractivity contribution in [2.45, 2.75) is 25.3 Å². The van der Waals surface area contributed by atoms with Crippen LogP contribution in [0.5, 0.6) is 0 Å². The van der Waals surface area contributed by atoms with Crippen LogP contribution in [0, 0.1) is 0 Å². The molecule has 0 bridgehead atoms. The summed E-state index contributed by atoms with van der Waals surface area (Å²) in [5, 5.41) is 9.45. The number of hydrogen-bond acceptors (Lipinski definition) is 4. The number of carboxylic acids is 1. The summed E-state index contributed by atoms with van der Waals surface area (Å²) in [6.45, 7) is 0.646. The second-order valence-electron chi connectivity index (χ2n) is 5.21. The molecule has 0 radical (unpaired) electrons. The number of esters is 1. The highest BCUT2D eigenvalue weighted by molar-refractivity contribution is 5.91. The van der Waals surface area contributed by atoms with E-state index in [9.17, 15) is 14.7 Å². The van der Waals surface area contributed by atoms with Gasteiger partial charge in [0.15, 0.2) is 5.69 Å². The molecule has 0 amide bonds. The smallest absolute Gasteiger partial charge is 0.356 e. The number of imidazole rings is 1. The third-order valence-corrected chi connectivity index (χ3v) is 3.93. The van der Waals surface area contributed by atoms with Crippen molar-refractivity contribution in [2.75, 3.05) is 7.11 Å². The van der Waals surface area contributed by atoms with Crippen molar-refractivity contribution in [3.63, 3.8) is 0 Å². The quantitative estimate of drug-likeness (QED) is 0.880. The van der Waals surface area contributed by atoms with Gasteiger partial charge < -0.3 is 14.4 Å². The van der Waals surface area contributed by atoms with Crippen molar-refractivity contribution in [1.82, 2.24) is 9.55 Å². The minimum atomic E-state index is -1.12. The molecule has 0 spiro atoms. The van der Waals surface area contributed by atoms with E-state index in [0.717, 1.165) is 12.0 Å². The third-order valence-electron chi connectivity index (χ3n) is 3.93. The molecule has 3 rings (SSSR count). The lowest BCUT2D eigenvalue weighted by Gasteiger charge is -2.24. The average molecular weight is 300 g/mol. The Kier molecular flexibility index (Phi) is 3.66. The lowest BCUT2D eigenvalue weighted by molar-refractivity contribution is -0.143. The number of methoxy groups -OCH3 is 1. The molecule has 0 fully saturated rings. The summed E-state index contributed by atoms with van der Waals surface area (Å²) in [6, 6.07) is 9.39. The normalized spacial score (nSPS) is 16.9. The van der Waals surface area contributed by atoms with Gasteiger partial charge in [-0.05, 0) is 12.8 Å². The first-order valence-electron chi connectivity index (χ1n) is 7.10. The minimum absolute atomic E-state index is 0.0612. The molecule has 1 atom stereocenters. The number of carbonyl (C=O) groups excluding carboxylic acids is 1. The van der Waals surface area contributed by atoms with E-state index in [-0.39, 0.29) is 5.69 Å². The maximum atomic E-state index is 12.0. The van der Waals surface area contributed by atoms with Gasteiger partial charge in [0.2, 0.25) is 0 Å². The van der Waals surface area contributed by atoms with Gasteiger partial charge in [0.05, 0.1) is 18.7 Å². The zero-order valence-corrected chi connectivity index (χ0v) is 12.2. The number of aromatic nitrogens is 2. The van der Waals surface area contributed by atoms with Gasteiger partial charge in [-0.2, -0.15) is 0 Å². The van der Waals surface area contributed by atoms with Gasteiger partial charge in [-0.3, -0.25) is 4.79 Å². The lowest BCUT2D eigenvalue weighted by atomic mass is 9.94. The lowest BCUT2D eigenvalue weighted by Crippen LogP contribution is -2.25. The van der Waals surface area contributed by atoms with Crippen LogP contribution < -0.4 is 0 Å². The molecule has 1 aliphatic heterocycles. The van der Waals surface area contributed by atoms with Crippen LogP contribution in [0.3, 0.4) is 0 Å². The molecule has 0 saturated heterocycles. The molecular weight excluding hydrogens is 284 g/mol. The summed E-state index contributed by atoms with van der Waals surface area (Å²) >= 11 is 0. The van der Waals surface area contributed by atoms with Gasteiger partial charge in [0.1, 0.15) is 5.82 Å². The Hall–Kier alpha value is -2.63. The van der Waals surface area contributed by atoms with Crippen molar-refractivity contribution in [3.05, 3.63) is 41.7 Å². The molecule has 1 aliphatic rings. The first kappa shape index (κ1) is 14.3. The van der Waals surface area contributed by atoms with E-state index >= 15 is 0 Å². The van der Waals surface area contributed by atoms with Crippen molar-refractivity contribution >= 4 is 11.9 Å². The number of aromatic carboxylic acids is 1. The zero-order chi connectivity index (χ0) is 15.7. The third kappa shape index (κ3) is 2.26. The average Bonchev–Trinajstić information content (AvgIpc) is 2.95. The van der Waals surface area contributed by atoms with Gasteiger partial charge in [-0.1, -0.05) is 30.3 Å². The molecule has 0 aliphatic carbocycles. The van der Waals surface area contributed by atoms with E-state index < -0.39 is 17.9 Å². The van der Waals surface area contributed by atoms with Crippen LogP contribution in [0.2, 0.25) is 0 Å². The maximum absolute atomic E-state index is 12.0. The second kappa shape index (κ2) is 5.63. The van der Waals surface area contributed by atoms with Crippen LogP contribution in [0.4, 0.5) is 0 Å². The zero-order valence-electron chi connectivity index (χ0n) is 12.2. The summed E-state index contributed by atoms with van der Waals surface area (Å²) in [5.41, 5.74) is 1.22. The van der Waals surface area contributed by atoms with Crippen molar-refractivity contribution in [1.29, 1.82) is 0 Å². The number of carbonyl (C=O) groups is 2. The number of rotatable bonds is 3. The summed E-state index contributed by atoms with van der Waals surface area (Å²) in [6.07, 6.45) is 1.36. The van der Waals surface area contributed by atoms with E-state index in [1.54, 1.807) is 0 Å². The Morgan fingerprint density at radius 3 is 2.68 bits per heavy atom. The molecule has 2 aromatic rings. The van der Waals surface area contributed by atoms with Gasteiger partial charge in [0.25, 0.3) is 0 Å². The molecule has 6 nitrogen and oxygen atoms in total. The fraction of sp³-hybridized carbons (Fsp3) is 0.312. The van der Waals surface area contributed by atoms with Crippen molar-refractivity contribution in [2.24, 2.45) is 0 Å². The molecule has 0 saturated carbocycles. The number of hydrogen-bond donors (Lipinski definition) is 1. The number of benzene rings is 1. The van der Waals surface area contributed by atoms with Gasteiger partial charge in [-0.25, -0.2) is 9.78 Å². The highest BCUT2D eigenvalue weighted by atomic mass is 16.5. The highest BCUT2D eigenvalue weighted by Crippen LogP contribution is 2.35. The number of fused-ring (bicyclic) bond motifs is 1. The molecule has 114 valence electrons. The monoisotopic (exact) mass is 300 g/mol. The predicted octanol–water partition coefficient (Wildman–Crippen LogP) is 2.30. The summed E-state index contributed by atoms with van der Waals surface area (Å²) in [4.78, 5) is 27.8. The van der Waals surface area contributed by atoms with E-state index in [0.29, 0.717) is 24.5 Å². The van der Waals surface area contributed by atoms with E-state index in [2.05, 4.69) is 4.98 Å². The van der Waals surface area contributed by atoms with Crippen LogP contribution in [-0.2, 0) is 16.1 Å². The first-order valence-corrected chi connectivity index (χ1v) is 7.10. The molecule has 22 heavy (non-hydrogen) atoms. The predicted molar refractivity (Wildman–Crippen MR) is 78.6 cm³/mol. The molecule has 1 aromatic heterocycles. The molecule has 1 aromatic carbocycles. The number of ether oxygens (including phenoxy) is 1. The van der Waals surface area contributed by atoms with Crippen molar-refractivity contribution < 1.29 is 19.4 Å². The Balaban J connectivity index is 2.20. The Bertz CT molecular complexity index is 721. The van der Waals surface area contributed by atoms with Crippen molar-refractivity contribution in [3.8, 4) is 11.4 Å². The Morgan fingerprint density at radius 1 is 1.32 bits per heavy atom. The second-order valence-corrected chi connectivity index (χ2v) is 5.21. The molecule has 6 heteroatoms. The SMILES string of the molecule is COC(=O)C1CCCn2c(-c3ccccc3)nc(C(=O)O)c21. The summed E-state index contributed by atoms with van der Waals surface area (Å²) in [5.74, 6) is -1.53. The van der Waals surface area contributed by atoms with Gasteiger partial charge in [-0.15, -0.1) is 0 Å². The van der Waals surface area contributed by atoms with Crippen LogP contribution in [0.25, 0.3) is 11.4 Å². The van der Waals surface area contributed by atoms with Crippen LogP contribution in [-0.4, -0.2) is 33.7 Å². The van der Waals surface area contributed by atoms with Crippen LogP contribution in [0.1, 0.15) is 34.9 Å². The largest absolute Gasteiger partial charge is 0.476 e. The van der Waals surface area contributed by atoms with Gasteiger partial charge in [0, 0.05) is 12.1 Å². The maximum Gasteiger partial charge on any atom is 0.356 e. The molecular formula is C16H16N2O4. The molecule has 2 heterocycles. The topological polar surface area (TPSA) is 81.4 Å². The fourth-order valence-electron chi connectivity index (χ4n) is 2.97. The Morgan fingerprint density at radius 2 is 2.05 bits per heavy atom. The number of carboxylic acid groups (broad SMARTS) is 1. The summed E-state index contributed by atoms with van der Waals surface area (Å²) < 4.78 is 6.66. The summed E-state index contributed by atoms with van der Waals surface area (Å²) in [7, 11) is 1.32. The Labute approximate surface area is 127 Å². The van der Waals surface area contributed by atoms with Crippen LogP contribution >= 0.6 is 0 Å².